The largest absolute Gasteiger partial charge is 0.337 e. The first-order valence-electron chi connectivity index (χ1n) is 6.97. The van der Waals surface area contributed by atoms with Crippen molar-refractivity contribution in [2.24, 2.45) is 0 Å². The fourth-order valence-corrected chi connectivity index (χ4v) is 3.15. The maximum Gasteiger partial charge on any atom is 0.229 e. The van der Waals surface area contributed by atoms with Gasteiger partial charge in [0.05, 0.1) is 18.3 Å². The Morgan fingerprint density at radius 2 is 2.00 bits per heavy atom. The molecule has 0 bridgehead atoms. The third-order valence-electron chi connectivity index (χ3n) is 3.52. The number of imidazole rings is 1. The third-order valence-corrected chi connectivity index (χ3v) is 4.11. The molecule has 0 unspecified atom stereocenters. The summed E-state index contributed by atoms with van der Waals surface area (Å²) in [6.45, 7) is 0.743. The smallest absolute Gasteiger partial charge is 0.229 e. The molecule has 3 aromatic rings. The van der Waals surface area contributed by atoms with Crippen LogP contribution in [0.25, 0.3) is 10.8 Å². The molecule has 0 fully saturated rings. The quantitative estimate of drug-likeness (QED) is 0.787. The van der Waals surface area contributed by atoms with Gasteiger partial charge < -0.3 is 4.57 Å². The highest BCUT2D eigenvalue weighted by molar-refractivity contribution is 7.92. The molecule has 0 aliphatic carbocycles. The molecule has 2 aromatic carbocycles. The minimum Gasteiger partial charge on any atom is -0.337 e. The van der Waals surface area contributed by atoms with Crippen LogP contribution >= 0.6 is 0 Å². The lowest BCUT2D eigenvalue weighted by Crippen LogP contribution is -2.12. The van der Waals surface area contributed by atoms with Gasteiger partial charge in [-0.2, -0.15) is 0 Å². The van der Waals surface area contributed by atoms with E-state index in [1.807, 2.05) is 47.2 Å². The number of anilines is 1. The highest BCUT2D eigenvalue weighted by Gasteiger charge is 2.11. The molecule has 1 aromatic heterocycles. The monoisotopic (exact) mass is 315 g/mol. The maximum absolute atomic E-state index is 11.6. The Morgan fingerprint density at radius 3 is 2.73 bits per heavy atom. The second-order valence-corrected chi connectivity index (χ2v) is 6.99. The summed E-state index contributed by atoms with van der Waals surface area (Å²) in [4.78, 5) is 4.03. The number of hydrogen-bond acceptors (Lipinski definition) is 3. The second kappa shape index (κ2) is 5.81. The maximum atomic E-state index is 11.6. The first-order chi connectivity index (χ1) is 10.5. The van der Waals surface area contributed by atoms with Gasteiger partial charge in [0.25, 0.3) is 0 Å². The van der Waals surface area contributed by atoms with Crippen molar-refractivity contribution in [3.05, 3.63) is 60.7 Å². The molecule has 5 nitrogen and oxygen atoms in total. The molecule has 1 heterocycles. The van der Waals surface area contributed by atoms with Crippen LogP contribution in [0.5, 0.6) is 0 Å². The van der Waals surface area contributed by atoms with E-state index in [1.165, 1.54) is 6.26 Å². The van der Waals surface area contributed by atoms with Crippen molar-refractivity contribution in [1.29, 1.82) is 0 Å². The molecule has 0 saturated heterocycles. The average molecular weight is 315 g/mol. The number of aryl methyl sites for hydroxylation is 2. The molecule has 22 heavy (non-hydrogen) atoms. The number of sulfonamides is 1. The Bertz CT molecular complexity index is 887. The first-order valence-corrected chi connectivity index (χ1v) is 8.86. The SMILES string of the molecule is CS(=O)(=O)Nc1ccc2ccccc2c1CCn1ccnc1. The zero-order chi connectivity index (χ0) is 15.6. The van der Waals surface area contributed by atoms with E-state index in [9.17, 15) is 8.42 Å². The van der Waals surface area contributed by atoms with E-state index in [1.54, 1.807) is 12.5 Å². The summed E-state index contributed by atoms with van der Waals surface area (Å²) in [5.74, 6) is 0. The zero-order valence-corrected chi connectivity index (χ0v) is 13.0. The van der Waals surface area contributed by atoms with Crippen LogP contribution < -0.4 is 4.72 Å². The second-order valence-electron chi connectivity index (χ2n) is 5.24. The number of nitrogens with zero attached hydrogens (tertiary/aromatic N) is 2. The number of benzene rings is 2. The summed E-state index contributed by atoms with van der Waals surface area (Å²) in [6, 6.07) is 11.8. The van der Waals surface area contributed by atoms with Crippen molar-refractivity contribution in [3.63, 3.8) is 0 Å². The molecule has 114 valence electrons. The Hall–Kier alpha value is -2.34. The Morgan fingerprint density at radius 1 is 1.18 bits per heavy atom. The molecule has 0 radical (unpaired) electrons. The van der Waals surface area contributed by atoms with Crippen molar-refractivity contribution in [2.75, 3.05) is 11.0 Å². The van der Waals surface area contributed by atoms with E-state index >= 15 is 0 Å². The van der Waals surface area contributed by atoms with Crippen molar-refractivity contribution >= 4 is 26.5 Å². The predicted octanol–water partition coefficient (Wildman–Crippen LogP) is 2.65. The van der Waals surface area contributed by atoms with Crippen LogP contribution in [-0.2, 0) is 23.0 Å². The lowest BCUT2D eigenvalue weighted by molar-refractivity contribution is 0.606. The summed E-state index contributed by atoms with van der Waals surface area (Å²) in [5.41, 5.74) is 1.64. The van der Waals surface area contributed by atoms with Gasteiger partial charge in [-0.3, -0.25) is 4.72 Å². The van der Waals surface area contributed by atoms with Gasteiger partial charge in [0.1, 0.15) is 0 Å². The summed E-state index contributed by atoms with van der Waals surface area (Å²) < 4.78 is 27.8. The molecule has 0 aliphatic rings. The molecule has 6 heteroatoms. The number of rotatable bonds is 5. The lowest BCUT2D eigenvalue weighted by Gasteiger charge is -2.14. The van der Waals surface area contributed by atoms with Gasteiger partial charge in [-0.05, 0) is 28.8 Å². The minimum atomic E-state index is -3.31. The Balaban J connectivity index is 2.03. The van der Waals surface area contributed by atoms with E-state index in [2.05, 4.69) is 9.71 Å². The van der Waals surface area contributed by atoms with Gasteiger partial charge in [-0.15, -0.1) is 0 Å². The number of hydrogen-bond donors (Lipinski definition) is 1. The zero-order valence-electron chi connectivity index (χ0n) is 12.2. The van der Waals surface area contributed by atoms with Crippen LogP contribution in [0.1, 0.15) is 5.56 Å². The molecule has 0 saturated carbocycles. The van der Waals surface area contributed by atoms with Gasteiger partial charge in [-0.25, -0.2) is 13.4 Å². The molecule has 0 spiro atoms. The Kier molecular flexibility index (Phi) is 3.85. The molecular weight excluding hydrogens is 298 g/mol. The van der Waals surface area contributed by atoms with Crippen LogP contribution in [0.3, 0.4) is 0 Å². The fourth-order valence-electron chi connectivity index (χ4n) is 2.56. The number of aromatic nitrogens is 2. The van der Waals surface area contributed by atoms with Crippen LogP contribution in [-0.4, -0.2) is 24.2 Å². The third kappa shape index (κ3) is 3.28. The van der Waals surface area contributed by atoms with E-state index in [0.29, 0.717) is 5.69 Å². The normalized spacial score (nSPS) is 11.7. The summed E-state index contributed by atoms with van der Waals surface area (Å²) in [7, 11) is -3.31. The number of nitrogens with one attached hydrogen (secondary N) is 1. The van der Waals surface area contributed by atoms with Crippen molar-refractivity contribution < 1.29 is 8.42 Å². The summed E-state index contributed by atoms with van der Waals surface area (Å²) in [5, 5.41) is 2.17. The van der Waals surface area contributed by atoms with Gasteiger partial charge in [0.15, 0.2) is 0 Å². The van der Waals surface area contributed by atoms with Crippen LogP contribution in [0.4, 0.5) is 5.69 Å². The van der Waals surface area contributed by atoms with E-state index in [0.717, 1.165) is 29.3 Å². The van der Waals surface area contributed by atoms with Gasteiger partial charge >= 0.3 is 0 Å². The van der Waals surface area contributed by atoms with Crippen LogP contribution in [0, 0.1) is 0 Å². The van der Waals surface area contributed by atoms with Crippen molar-refractivity contribution in [2.45, 2.75) is 13.0 Å². The van der Waals surface area contributed by atoms with Crippen LogP contribution in [0.15, 0.2) is 55.1 Å². The highest BCUT2D eigenvalue weighted by Crippen LogP contribution is 2.27. The molecule has 1 N–H and O–H groups in total. The minimum absolute atomic E-state index is 0.640. The summed E-state index contributed by atoms with van der Waals surface area (Å²) in [6.07, 6.45) is 7.28. The van der Waals surface area contributed by atoms with E-state index in [4.69, 9.17) is 0 Å². The Labute approximate surface area is 129 Å². The van der Waals surface area contributed by atoms with Gasteiger partial charge in [0.2, 0.25) is 10.0 Å². The first kappa shape index (κ1) is 14.6. The molecule has 0 atom stereocenters. The average Bonchev–Trinajstić information content (AvgIpc) is 2.98. The van der Waals surface area contributed by atoms with Crippen molar-refractivity contribution in [1.82, 2.24) is 9.55 Å². The lowest BCUT2D eigenvalue weighted by atomic mass is 10.0. The predicted molar refractivity (Wildman–Crippen MR) is 88.3 cm³/mol. The highest BCUT2D eigenvalue weighted by atomic mass is 32.2. The fraction of sp³-hybridized carbons (Fsp3) is 0.188. The summed E-state index contributed by atoms with van der Waals surface area (Å²) >= 11 is 0. The molecule has 3 rings (SSSR count). The standard InChI is InChI=1S/C16H17N3O2S/c1-22(20,21)18-16-7-6-13-4-2-3-5-14(13)15(16)8-10-19-11-9-17-12-19/h2-7,9,11-12,18H,8,10H2,1H3. The molecule has 0 aliphatic heterocycles. The van der Waals surface area contributed by atoms with Gasteiger partial charge in [0, 0.05) is 18.9 Å². The van der Waals surface area contributed by atoms with Gasteiger partial charge in [-0.1, -0.05) is 30.3 Å². The topological polar surface area (TPSA) is 64.0 Å². The van der Waals surface area contributed by atoms with E-state index < -0.39 is 10.0 Å². The van der Waals surface area contributed by atoms with E-state index in [-0.39, 0.29) is 0 Å². The van der Waals surface area contributed by atoms with Crippen molar-refractivity contribution in [3.8, 4) is 0 Å². The molecular formula is C16H17N3O2S. The number of fused-ring (bicyclic) bond motifs is 1. The molecule has 0 amide bonds. The van der Waals surface area contributed by atoms with Crippen LogP contribution in [0.2, 0.25) is 0 Å².